The Balaban J connectivity index is 1.83. The molecule has 0 aliphatic heterocycles. The van der Waals surface area contributed by atoms with Crippen molar-refractivity contribution in [1.29, 1.82) is 0 Å². The van der Waals surface area contributed by atoms with Gasteiger partial charge in [-0.2, -0.15) is 0 Å². The zero-order chi connectivity index (χ0) is 12.4. The molecule has 1 N–H and O–H groups in total. The monoisotopic (exact) mass is 303 g/mol. The minimum atomic E-state index is 0.681. The second kappa shape index (κ2) is 5.16. The molecule has 0 bridgehead atoms. The standard InChI is InChI=1S/C14H14BrN3/c15-12-4-2-1-3-11(12)13-7-8-16-14(18-13)9-17-10-5-6-10/h1-4,7-8,10,17H,5-6,9H2. The molecule has 1 fully saturated rings. The van der Waals surface area contributed by atoms with Gasteiger partial charge >= 0.3 is 0 Å². The number of hydrogen-bond donors (Lipinski definition) is 1. The zero-order valence-corrected chi connectivity index (χ0v) is 11.5. The quantitative estimate of drug-likeness (QED) is 0.943. The lowest BCUT2D eigenvalue weighted by Crippen LogP contribution is -2.17. The van der Waals surface area contributed by atoms with Crippen LogP contribution in [0.4, 0.5) is 0 Å². The van der Waals surface area contributed by atoms with Crippen molar-refractivity contribution in [3.63, 3.8) is 0 Å². The SMILES string of the molecule is Brc1ccccc1-c1ccnc(CNC2CC2)n1. The fourth-order valence-electron chi connectivity index (χ4n) is 1.83. The van der Waals surface area contributed by atoms with Crippen molar-refractivity contribution in [2.45, 2.75) is 25.4 Å². The van der Waals surface area contributed by atoms with Crippen molar-refractivity contribution < 1.29 is 0 Å². The van der Waals surface area contributed by atoms with E-state index in [1.807, 2.05) is 30.5 Å². The van der Waals surface area contributed by atoms with E-state index >= 15 is 0 Å². The summed E-state index contributed by atoms with van der Waals surface area (Å²) in [4.78, 5) is 8.91. The molecule has 1 heterocycles. The van der Waals surface area contributed by atoms with Crippen LogP contribution >= 0.6 is 15.9 Å². The average Bonchev–Trinajstić information content (AvgIpc) is 3.21. The van der Waals surface area contributed by atoms with Gasteiger partial charge < -0.3 is 5.32 Å². The van der Waals surface area contributed by atoms with Crippen LogP contribution in [0.1, 0.15) is 18.7 Å². The molecule has 1 aliphatic carbocycles. The summed E-state index contributed by atoms with van der Waals surface area (Å²) < 4.78 is 1.06. The molecule has 0 radical (unpaired) electrons. The minimum absolute atomic E-state index is 0.681. The second-order valence-electron chi connectivity index (χ2n) is 4.49. The fourth-order valence-corrected chi connectivity index (χ4v) is 2.31. The normalized spacial score (nSPS) is 14.7. The van der Waals surface area contributed by atoms with Crippen molar-refractivity contribution in [3.8, 4) is 11.3 Å². The number of nitrogens with zero attached hydrogens (tertiary/aromatic N) is 2. The molecular formula is C14H14BrN3. The van der Waals surface area contributed by atoms with Gasteiger partial charge in [-0.25, -0.2) is 9.97 Å². The summed E-state index contributed by atoms with van der Waals surface area (Å²) in [7, 11) is 0. The maximum Gasteiger partial charge on any atom is 0.142 e. The molecule has 1 aromatic carbocycles. The van der Waals surface area contributed by atoms with Crippen molar-refractivity contribution in [2.24, 2.45) is 0 Å². The molecule has 0 saturated heterocycles. The van der Waals surface area contributed by atoms with Crippen LogP contribution in [0.2, 0.25) is 0 Å². The maximum absolute atomic E-state index is 4.60. The van der Waals surface area contributed by atoms with Crippen molar-refractivity contribution >= 4 is 15.9 Å². The van der Waals surface area contributed by atoms with E-state index in [1.54, 1.807) is 0 Å². The number of benzene rings is 1. The first-order valence-electron chi connectivity index (χ1n) is 6.13. The maximum atomic E-state index is 4.60. The molecule has 0 unspecified atom stereocenters. The number of halogens is 1. The Kier molecular flexibility index (Phi) is 3.39. The van der Waals surface area contributed by atoms with E-state index in [-0.39, 0.29) is 0 Å². The highest BCUT2D eigenvalue weighted by Gasteiger charge is 2.20. The third kappa shape index (κ3) is 2.76. The molecule has 3 nitrogen and oxygen atoms in total. The molecule has 4 heteroatoms. The third-order valence-corrected chi connectivity index (χ3v) is 3.67. The van der Waals surface area contributed by atoms with Gasteiger partial charge in [0.2, 0.25) is 0 Å². The highest BCUT2D eigenvalue weighted by Crippen LogP contribution is 2.26. The molecule has 1 saturated carbocycles. The lowest BCUT2D eigenvalue weighted by molar-refractivity contribution is 0.658. The van der Waals surface area contributed by atoms with Gasteiger partial charge in [-0.1, -0.05) is 34.1 Å². The first-order valence-corrected chi connectivity index (χ1v) is 6.92. The second-order valence-corrected chi connectivity index (χ2v) is 5.35. The smallest absolute Gasteiger partial charge is 0.142 e. The van der Waals surface area contributed by atoms with Gasteiger partial charge in [-0.3, -0.25) is 0 Å². The van der Waals surface area contributed by atoms with Crippen molar-refractivity contribution in [2.75, 3.05) is 0 Å². The van der Waals surface area contributed by atoms with E-state index in [4.69, 9.17) is 0 Å². The molecule has 1 aromatic heterocycles. The lowest BCUT2D eigenvalue weighted by Gasteiger charge is -2.06. The van der Waals surface area contributed by atoms with Gasteiger partial charge in [0, 0.05) is 22.3 Å². The van der Waals surface area contributed by atoms with E-state index in [1.165, 1.54) is 12.8 Å². The van der Waals surface area contributed by atoms with Gasteiger partial charge in [0.1, 0.15) is 5.82 Å². The summed E-state index contributed by atoms with van der Waals surface area (Å²) in [5.74, 6) is 0.857. The predicted octanol–water partition coefficient (Wildman–Crippen LogP) is 3.16. The van der Waals surface area contributed by atoms with Crippen LogP contribution < -0.4 is 5.32 Å². The van der Waals surface area contributed by atoms with E-state index in [9.17, 15) is 0 Å². The Labute approximate surface area is 115 Å². The fraction of sp³-hybridized carbons (Fsp3) is 0.286. The predicted molar refractivity (Wildman–Crippen MR) is 75.0 cm³/mol. The van der Waals surface area contributed by atoms with Crippen LogP contribution in [-0.2, 0) is 6.54 Å². The Hall–Kier alpha value is -1.26. The largest absolute Gasteiger partial charge is 0.307 e. The van der Waals surface area contributed by atoms with Crippen LogP contribution in [-0.4, -0.2) is 16.0 Å². The number of hydrogen-bond acceptors (Lipinski definition) is 3. The van der Waals surface area contributed by atoms with Crippen LogP contribution in [0.25, 0.3) is 11.3 Å². The Morgan fingerprint density at radius 2 is 2.06 bits per heavy atom. The molecule has 3 rings (SSSR count). The van der Waals surface area contributed by atoms with Gasteiger partial charge in [0.05, 0.1) is 12.2 Å². The van der Waals surface area contributed by atoms with Gasteiger partial charge in [0.15, 0.2) is 0 Å². The van der Waals surface area contributed by atoms with Gasteiger partial charge in [-0.15, -0.1) is 0 Å². The molecule has 0 spiro atoms. The van der Waals surface area contributed by atoms with Crippen molar-refractivity contribution in [3.05, 3.63) is 46.8 Å². The van der Waals surface area contributed by atoms with E-state index in [0.717, 1.165) is 28.1 Å². The van der Waals surface area contributed by atoms with Crippen LogP contribution in [0.15, 0.2) is 41.0 Å². The van der Waals surface area contributed by atoms with Crippen LogP contribution in [0, 0.1) is 0 Å². The van der Waals surface area contributed by atoms with Gasteiger partial charge in [0.25, 0.3) is 0 Å². The third-order valence-electron chi connectivity index (χ3n) is 2.98. The average molecular weight is 304 g/mol. The molecule has 2 aromatic rings. The first-order chi connectivity index (χ1) is 8.83. The summed E-state index contributed by atoms with van der Waals surface area (Å²) in [6.45, 7) is 0.753. The van der Waals surface area contributed by atoms with E-state index < -0.39 is 0 Å². The molecule has 1 aliphatic rings. The van der Waals surface area contributed by atoms with Crippen LogP contribution in [0.3, 0.4) is 0 Å². The summed E-state index contributed by atoms with van der Waals surface area (Å²) in [5.41, 5.74) is 2.07. The number of nitrogens with one attached hydrogen (secondary N) is 1. The number of rotatable bonds is 4. The molecular weight excluding hydrogens is 290 g/mol. The molecule has 18 heavy (non-hydrogen) atoms. The molecule has 92 valence electrons. The summed E-state index contributed by atoms with van der Waals surface area (Å²) in [6.07, 6.45) is 4.39. The lowest BCUT2D eigenvalue weighted by atomic mass is 10.1. The minimum Gasteiger partial charge on any atom is -0.307 e. The van der Waals surface area contributed by atoms with Crippen LogP contribution in [0.5, 0.6) is 0 Å². The van der Waals surface area contributed by atoms with E-state index in [0.29, 0.717) is 6.04 Å². The van der Waals surface area contributed by atoms with E-state index in [2.05, 4.69) is 37.3 Å². The summed E-state index contributed by atoms with van der Waals surface area (Å²) >= 11 is 3.55. The van der Waals surface area contributed by atoms with Crippen molar-refractivity contribution in [1.82, 2.24) is 15.3 Å². The van der Waals surface area contributed by atoms with Gasteiger partial charge in [-0.05, 0) is 25.0 Å². The number of aromatic nitrogens is 2. The highest BCUT2D eigenvalue weighted by atomic mass is 79.9. The molecule has 0 atom stereocenters. The molecule has 0 amide bonds. The first kappa shape index (κ1) is 11.8. The Morgan fingerprint density at radius 1 is 1.22 bits per heavy atom. The summed E-state index contributed by atoms with van der Waals surface area (Å²) in [5, 5.41) is 3.43. The summed E-state index contributed by atoms with van der Waals surface area (Å²) in [6, 6.07) is 10.7. The zero-order valence-electron chi connectivity index (χ0n) is 9.94. The highest BCUT2D eigenvalue weighted by molar-refractivity contribution is 9.10. The topological polar surface area (TPSA) is 37.8 Å². The Bertz CT molecular complexity index is 552. The Morgan fingerprint density at radius 3 is 2.83 bits per heavy atom.